The maximum Gasteiger partial charge on any atom is 0.0855 e. The molecule has 2 unspecified atom stereocenters. The molecule has 0 aromatic rings. The van der Waals surface area contributed by atoms with E-state index in [4.69, 9.17) is 9.47 Å². The summed E-state index contributed by atoms with van der Waals surface area (Å²) in [4.78, 5) is 2.33. The summed E-state index contributed by atoms with van der Waals surface area (Å²) in [5, 5.41) is 3.38. The Morgan fingerprint density at radius 1 is 1.53 bits per heavy atom. The van der Waals surface area contributed by atoms with Crippen molar-refractivity contribution in [2.24, 2.45) is 0 Å². The summed E-state index contributed by atoms with van der Waals surface area (Å²) in [6, 6.07) is 0.409. The first-order valence-corrected chi connectivity index (χ1v) is 6.51. The molecule has 102 valence electrons. The highest BCUT2D eigenvalue weighted by Gasteiger charge is 2.27. The van der Waals surface area contributed by atoms with Crippen LogP contribution in [0.3, 0.4) is 0 Å². The summed E-state index contributed by atoms with van der Waals surface area (Å²) >= 11 is 0. The van der Waals surface area contributed by atoms with E-state index in [0.717, 1.165) is 32.5 Å². The molecule has 1 N–H and O–H groups in total. The minimum Gasteiger partial charge on any atom is -0.379 e. The van der Waals surface area contributed by atoms with Gasteiger partial charge in [0.1, 0.15) is 0 Å². The quantitative estimate of drug-likeness (QED) is 0.759. The van der Waals surface area contributed by atoms with Crippen molar-refractivity contribution >= 4 is 0 Å². The number of morpholine rings is 1. The number of likely N-dealkylation sites (N-methyl/N-ethyl adjacent to an activating group) is 2. The Bertz CT molecular complexity index is 221. The molecule has 1 aliphatic rings. The highest BCUT2D eigenvalue weighted by molar-refractivity contribution is 4.83. The van der Waals surface area contributed by atoms with Gasteiger partial charge in [0, 0.05) is 26.2 Å². The molecule has 0 bridgehead atoms. The van der Waals surface area contributed by atoms with Crippen molar-refractivity contribution in [3.8, 4) is 0 Å². The van der Waals surface area contributed by atoms with E-state index in [1.54, 1.807) is 7.11 Å². The highest BCUT2D eigenvalue weighted by atomic mass is 16.5. The number of hydrogen-bond acceptors (Lipinski definition) is 4. The van der Waals surface area contributed by atoms with Crippen molar-refractivity contribution < 1.29 is 9.47 Å². The lowest BCUT2D eigenvalue weighted by Gasteiger charge is -2.36. The zero-order valence-electron chi connectivity index (χ0n) is 12.0. The molecule has 1 rings (SSSR count). The molecule has 4 heteroatoms. The Kier molecular flexibility index (Phi) is 5.86. The van der Waals surface area contributed by atoms with Gasteiger partial charge in [-0.15, -0.1) is 0 Å². The van der Waals surface area contributed by atoms with Crippen LogP contribution in [0, 0.1) is 0 Å². The predicted octanol–water partition coefficient (Wildman–Crippen LogP) is 1.11. The van der Waals surface area contributed by atoms with E-state index in [1.165, 1.54) is 0 Å². The van der Waals surface area contributed by atoms with E-state index in [-0.39, 0.29) is 5.60 Å². The zero-order chi connectivity index (χ0) is 12.9. The summed E-state index contributed by atoms with van der Waals surface area (Å²) in [5.74, 6) is 0. The second kappa shape index (κ2) is 6.69. The third-order valence-electron chi connectivity index (χ3n) is 3.73. The Morgan fingerprint density at radius 2 is 2.24 bits per heavy atom. The molecule has 17 heavy (non-hydrogen) atoms. The number of methoxy groups -OCH3 is 1. The molecule has 0 amide bonds. The highest BCUT2D eigenvalue weighted by Crippen LogP contribution is 2.19. The van der Waals surface area contributed by atoms with Crippen LogP contribution in [0.1, 0.15) is 26.7 Å². The second-order valence-corrected chi connectivity index (χ2v) is 5.57. The lowest BCUT2D eigenvalue weighted by Crippen LogP contribution is -2.50. The monoisotopic (exact) mass is 244 g/mol. The van der Waals surface area contributed by atoms with E-state index >= 15 is 0 Å². The molecule has 1 saturated heterocycles. The van der Waals surface area contributed by atoms with Crippen molar-refractivity contribution in [2.75, 3.05) is 40.9 Å². The van der Waals surface area contributed by atoms with E-state index in [1.807, 2.05) is 7.05 Å². The topological polar surface area (TPSA) is 33.7 Å². The molecule has 0 radical (unpaired) electrons. The van der Waals surface area contributed by atoms with Crippen LogP contribution in [-0.4, -0.2) is 63.5 Å². The van der Waals surface area contributed by atoms with Crippen molar-refractivity contribution in [2.45, 2.75) is 44.4 Å². The molecule has 1 aliphatic heterocycles. The van der Waals surface area contributed by atoms with Gasteiger partial charge in [0.2, 0.25) is 0 Å². The number of rotatable bonds is 6. The van der Waals surface area contributed by atoms with Gasteiger partial charge in [-0.25, -0.2) is 0 Å². The summed E-state index contributed by atoms with van der Waals surface area (Å²) in [5.41, 5.74) is -0.0460. The van der Waals surface area contributed by atoms with E-state index in [9.17, 15) is 0 Å². The van der Waals surface area contributed by atoms with Gasteiger partial charge in [-0.2, -0.15) is 0 Å². The van der Waals surface area contributed by atoms with Crippen LogP contribution in [0.5, 0.6) is 0 Å². The van der Waals surface area contributed by atoms with Crippen LogP contribution in [0.4, 0.5) is 0 Å². The van der Waals surface area contributed by atoms with Gasteiger partial charge in [0.25, 0.3) is 0 Å². The Balaban J connectivity index is 2.42. The van der Waals surface area contributed by atoms with E-state index in [0.29, 0.717) is 12.1 Å². The third-order valence-corrected chi connectivity index (χ3v) is 3.73. The van der Waals surface area contributed by atoms with Gasteiger partial charge < -0.3 is 19.7 Å². The summed E-state index contributed by atoms with van der Waals surface area (Å²) in [7, 11) is 5.95. The van der Waals surface area contributed by atoms with Gasteiger partial charge in [-0.05, 0) is 40.8 Å². The fraction of sp³-hybridized carbons (Fsp3) is 1.00. The van der Waals surface area contributed by atoms with E-state index < -0.39 is 0 Å². The van der Waals surface area contributed by atoms with Gasteiger partial charge in [-0.1, -0.05) is 0 Å². The zero-order valence-corrected chi connectivity index (χ0v) is 12.0. The molecule has 2 atom stereocenters. The number of ether oxygens (including phenoxy) is 2. The molecule has 0 spiro atoms. The Morgan fingerprint density at radius 3 is 2.76 bits per heavy atom. The smallest absolute Gasteiger partial charge is 0.0855 e. The molecular formula is C13H28N2O2. The summed E-state index contributed by atoms with van der Waals surface area (Å²) in [6.45, 7) is 7.16. The molecule has 0 aliphatic carbocycles. The molecule has 4 nitrogen and oxygen atoms in total. The van der Waals surface area contributed by atoms with Crippen LogP contribution in [0.25, 0.3) is 0 Å². The summed E-state index contributed by atoms with van der Waals surface area (Å²) in [6.07, 6.45) is 2.42. The minimum atomic E-state index is -0.0460. The minimum absolute atomic E-state index is 0.0460. The average molecular weight is 244 g/mol. The molecule has 1 heterocycles. The van der Waals surface area contributed by atoms with Crippen molar-refractivity contribution in [1.29, 1.82) is 0 Å². The first-order valence-electron chi connectivity index (χ1n) is 6.51. The van der Waals surface area contributed by atoms with Gasteiger partial charge in [0.05, 0.1) is 18.3 Å². The molecular weight excluding hydrogens is 216 g/mol. The average Bonchev–Trinajstić information content (AvgIpc) is 2.30. The van der Waals surface area contributed by atoms with Gasteiger partial charge >= 0.3 is 0 Å². The van der Waals surface area contributed by atoms with Crippen molar-refractivity contribution in [3.63, 3.8) is 0 Å². The van der Waals surface area contributed by atoms with Crippen LogP contribution < -0.4 is 5.32 Å². The SMILES string of the molecule is CNC(CCC(C)(C)OC)C1CN(C)CCO1. The van der Waals surface area contributed by atoms with Crippen molar-refractivity contribution in [1.82, 2.24) is 10.2 Å². The maximum absolute atomic E-state index is 5.86. The molecule has 0 saturated carbocycles. The van der Waals surface area contributed by atoms with Gasteiger partial charge in [0.15, 0.2) is 0 Å². The maximum atomic E-state index is 5.86. The first kappa shape index (κ1) is 14.9. The fourth-order valence-electron chi connectivity index (χ4n) is 2.18. The fourth-order valence-corrected chi connectivity index (χ4v) is 2.18. The van der Waals surface area contributed by atoms with Crippen LogP contribution in [0.15, 0.2) is 0 Å². The normalized spacial score (nSPS) is 24.9. The van der Waals surface area contributed by atoms with Crippen molar-refractivity contribution in [3.05, 3.63) is 0 Å². The molecule has 0 aromatic heterocycles. The Hall–Kier alpha value is -0.160. The first-order chi connectivity index (χ1) is 7.98. The lowest BCUT2D eigenvalue weighted by atomic mass is 9.95. The number of nitrogens with zero attached hydrogens (tertiary/aromatic N) is 1. The van der Waals surface area contributed by atoms with Crippen LogP contribution in [0.2, 0.25) is 0 Å². The van der Waals surface area contributed by atoms with Crippen LogP contribution >= 0.6 is 0 Å². The summed E-state index contributed by atoms with van der Waals surface area (Å²) < 4.78 is 11.3. The predicted molar refractivity (Wildman–Crippen MR) is 70.4 cm³/mol. The second-order valence-electron chi connectivity index (χ2n) is 5.57. The standard InChI is InChI=1S/C13H28N2O2/c1-13(2,16-5)7-6-11(14-3)12-10-15(4)8-9-17-12/h11-12,14H,6-10H2,1-5H3. The van der Waals surface area contributed by atoms with Crippen LogP contribution in [-0.2, 0) is 9.47 Å². The lowest BCUT2D eigenvalue weighted by molar-refractivity contribution is -0.0458. The van der Waals surface area contributed by atoms with Gasteiger partial charge in [-0.3, -0.25) is 0 Å². The molecule has 1 fully saturated rings. The number of nitrogens with one attached hydrogen (secondary N) is 1. The largest absolute Gasteiger partial charge is 0.379 e. The van der Waals surface area contributed by atoms with E-state index in [2.05, 4.69) is 31.1 Å². The molecule has 0 aromatic carbocycles. The third kappa shape index (κ3) is 4.92. The number of hydrogen-bond donors (Lipinski definition) is 1. The Labute approximate surface area is 106 Å².